The van der Waals surface area contributed by atoms with E-state index in [1.54, 1.807) is 0 Å². The van der Waals surface area contributed by atoms with Crippen molar-refractivity contribution >= 4 is 88.7 Å². The Bertz CT molecular complexity index is 3450. The second-order valence-corrected chi connectivity index (χ2v) is 24.9. The van der Waals surface area contributed by atoms with Crippen LogP contribution in [0.4, 0.5) is 34.1 Å². The fraction of sp³-hybridized carbons (Fsp3) is 0.344. The topological polar surface area (TPSA) is 6.48 Å². The van der Waals surface area contributed by atoms with Gasteiger partial charge in [0.1, 0.15) is 0 Å². The summed E-state index contributed by atoms with van der Waals surface area (Å²) >= 11 is 1.98. The summed E-state index contributed by atoms with van der Waals surface area (Å²) in [6, 6.07) is 48.6. The van der Waals surface area contributed by atoms with E-state index in [2.05, 4.69) is 200 Å². The molecule has 340 valence electrons. The van der Waals surface area contributed by atoms with Gasteiger partial charge in [0.2, 0.25) is 0 Å². The van der Waals surface area contributed by atoms with Crippen molar-refractivity contribution in [1.82, 2.24) is 0 Å². The van der Waals surface area contributed by atoms with E-state index in [4.69, 9.17) is 0 Å². The molecular weight excluding hydrogens is 840 g/mol. The van der Waals surface area contributed by atoms with Gasteiger partial charge < -0.3 is 9.80 Å². The molecule has 2 aliphatic heterocycles. The first-order valence-corrected chi connectivity index (χ1v) is 26.6. The summed E-state index contributed by atoms with van der Waals surface area (Å²) in [6.07, 6.45) is 8.82. The zero-order chi connectivity index (χ0) is 46.8. The van der Waals surface area contributed by atoms with Gasteiger partial charge in [-0.3, -0.25) is 0 Å². The molecule has 0 spiro atoms. The monoisotopic (exact) mass is 904 g/mol. The molecule has 1 fully saturated rings. The Balaban J connectivity index is 1.20. The largest absolute Gasteiger partial charge is 0.311 e. The van der Waals surface area contributed by atoms with Crippen LogP contribution in [0.2, 0.25) is 0 Å². The molecule has 0 N–H and O–H groups in total. The maximum Gasteiger partial charge on any atom is 0.252 e. The summed E-state index contributed by atoms with van der Waals surface area (Å²) < 4.78 is 2.74. The maximum absolute atomic E-state index is 2.80. The molecule has 68 heavy (non-hydrogen) atoms. The van der Waals surface area contributed by atoms with E-state index in [1.165, 1.54) is 166 Å². The van der Waals surface area contributed by atoms with Gasteiger partial charge in [-0.1, -0.05) is 160 Å². The average Bonchev–Trinajstić information content (AvgIpc) is 3.72. The molecule has 1 saturated carbocycles. The number of thiophene rings is 1. The van der Waals surface area contributed by atoms with Crippen LogP contribution in [-0.2, 0) is 21.7 Å². The number of benzene rings is 7. The number of aryl methyl sites for hydroxylation is 2. The van der Waals surface area contributed by atoms with Gasteiger partial charge in [-0.05, 0) is 159 Å². The molecule has 3 heterocycles. The molecule has 1 aromatic heterocycles. The third kappa shape index (κ3) is 5.82. The van der Waals surface area contributed by atoms with E-state index < -0.39 is 0 Å². The zero-order valence-electron chi connectivity index (χ0n) is 42.0. The molecule has 8 aromatic rings. The number of fused-ring (bicyclic) bond motifs is 11. The van der Waals surface area contributed by atoms with Crippen molar-refractivity contribution in [3.8, 4) is 0 Å². The van der Waals surface area contributed by atoms with Gasteiger partial charge in [0.25, 0.3) is 6.71 Å². The second-order valence-electron chi connectivity index (χ2n) is 23.9. The van der Waals surface area contributed by atoms with Gasteiger partial charge in [-0.25, -0.2) is 0 Å². The van der Waals surface area contributed by atoms with Crippen LogP contribution in [0.5, 0.6) is 0 Å². The summed E-state index contributed by atoms with van der Waals surface area (Å²) in [6.45, 7) is 24.6. The van der Waals surface area contributed by atoms with Crippen molar-refractivity contribution < 1.29 is 0 Å². The maximum atomic E-state index is 2.80. The van der Waals surface area contributed by atoms with Gasteiger partial charge in [-0.15, -0.1) is 11.3 Å². The van der Waals surface area contributed by atoms with Crippen LogP contribution in [-0.4, -0.2) is 6.71 Å². The number of nitrogens with zero attached hydrogens (tertiary/aromatic N) is 2. The molecule has 3 aliphatic carbocycles. The lowest BCUT2D eigenvalue weighted by Crippen LogP contribution is -2.62. The Labute approximate surface area is 409 Å². The quantitative estimate of drug-likeness (QED) is 0.163. The summed E-state index contributed by atoms with van der Waals surface area (Å²) in [5.41, 5.74) is 25.1. The van der Waals surface area contributed by atoms with Crippen LogP contribution in [0, 0.1) is 13.8 Å². The van der Waals surface area contributed by atoms with Gasteiger partial charge in [-0.2, -0.15) is 0 Å². The molecule has 0 saturated heterocycles. The lowest BCUT2D eigenvalue weighted by molar-refractivity contribution is 0.332. The molecule has 4 heteroatoms. The lowest BCUT2D eigenvalue weighted by atomic mass is 9.33. The first-order chi connectivity index (χ1) is 32.6. The minimum Gasteiger partial charge on any atom is -0.311 e. The smallest absolute Gasteiger partial charge is 0.252 e. The molecule has 0 bridgehead atoms. The van der Waals surface area contributed by atoms with Gasteiger partial charge in [0.15, 0.2) is 0 Å². The molecule has 0 radical (unpaired) electrons. The zero-order valence-corrected chi connectivity index (χ0v) is 42.8. The van der Waals surface area contributed by atoms with Crippen molar-refractivity contribution in [2.75, 3.05) is 9.80 Å². The van der Waals surface area contributed by atoms with Crippen LogP contribution < -0.4 is 26.2 Å². The highest BCUT2D eigenvalue weighted by Crippen LogP contribution is 2.56. The van der Waals surface area contributed by atoms with Crippen molar-refractivity contribution in [1.29, 1.82) is 0 Å². The van der Waals surface area contributed by atoms with E-state index >= 15 is 0 Å². The first-order valence-electron chi connectivity index (χ1n) is 25.8. The van der Waals surface area contributed by atoms with Crippen molar-refractivity contribution in [2.24, 2.45) is 0 Å². The molecule has 0 unspecified atom stereocenters. The fourth-order valence-corrected chi connectivity index (χ4v) is 15.4. The molecule has 13 rings (SSSR count). The van der Waals surface area contributed by atoms with Crippen LogP contribution in [0.1, 0.15) is 156 Å². The van der Waals surface area contributed by atoms with Crippen LogP contribution in [0.15, 0.2) is 121 Å². The Kier molecular flexibility index (Phi) is 9.06. The summed E-state index contributed by atoms with van der Waals surface area (Å²) in [7, 11) is 0. The van der Waals surface area contributed by atoms with Crippen LogP contribution >= 0.6 is 11.3 Å². The standard InChI is InChI=1S/C64H65BN2S/c1-38-20-14-18-26-52(38)67-56-34-41(40-21-12-11-13-22-40)33-55-58(56)65(50-29-28-43-42-23-15-19-27-57(42)68-60(43)59(50)67)51-35-48-49(64(9,10)45-25-17-16-24-44(45)63(48,7)8)37-54(51)66(55)53-36-47-46(32-39(53)2)61(3,4)30-31-62(47,5)6/h14-20,23-29,32-37,40H,11-13,21-22,30-31H2,1-10H3. The fourth-order valence-electron chi connectivity index (χ4n) is 14.2. The molecule has 0 atom stereocenters. The van der Waals surface area contributed by atoms with E-state index in [-0.39, 0.29) is 28.4 Å². The molecule has 5 aliphatic rings. The lowest BCUT2D eigenvalue weighted by Gasteiger charge is -2.49. The SMILES string of the molecule is Cc1cc2c(cc1N1c3cc4c(cc3B3c5ccc6c(sc7ccccc76)c5N(c5ccccc5C)c5cc(C6CCCCC6)cc1c53)C(C)(C)c1ccccc1C4(C)C)C(C)(C)CCC2(C)C. The van der Waals surface area contributed by atoms with Gasteiger partial charge in [0.05, 0.1) is 10.4 Å². The normalized spacial score (nSPS) is 19.2. The molecule has 2 nitrogen and oxygen atoms in total. The number of hydrogen-bond donors (Lipinski definition) is 0. The summed E-state index contributed by atoms with van der Waals surface area (Å²) in [4.78, 5) is 5.54. The minimum absolute atomic E-state index is 0.0335. The van der Waals surface area contributed by atoms with Crippen molar-refractivity contribution in [2.45, 2.75) is 142 Å². The highest BCUT2D eigenvalue weighted by Gasteiger charge is 2.49. The van der Waals surface area contributed by atoms with E-state index in [1.807, 2.05) is 11.3 Å². The Morgan fingerprint density at radius 2 is 1.09 bits per heavy atom. The average molecular weight is 905 g/mol. The second kappa shape index (κ2) is 14.5. The highest BCUT2D eigenvalue weighted by molar-refractivity contribution is 7.26. The van der Waals surface area contributed by atoms with Gasteiger partial charge in [0, 0.05) is 54.7 Å². The Morgan fingerprint density at radius 1 is 0.485 bits per heavy atom. The molecule has 7 aromatic carbocycles. The van der Waals surface area contributed by atoms with Crippen LogP contribution in [0.25, 0.3) is 20.2 Å². The third-order valence-corrected chi connectivity index (χ3v) is 19.4. The third-order valence-electron chi connectivity index (χ3n) is 18.2. The summed E-state index contributed by atoms with van der Waals surface area (Å²) in [5, 5.41) is 2.70. The summed E-state index contributed by atoms with van der Waals surface area (Å²) in [5.74, 6) is 0.524. The van der Waals surface area contributed by atoms with E-state index in [9.17, 15) is 0 Å². The van der Waals surface area contributed by atoms with Crippen LogP contribution in [0.3, 0.4) is 0 Å². The predicted molar refractivity (Wildman–Crippen MR) is 295 cm³/mol. The van der Waals surface area contributed by atoms with Crippen molar-refractivity contribution in [3.63, 3.8) is 0 Å². The number of rotatable bonds is 3. The van der Waals surface area contributed by atoms with Gasteiger partial charge >= 0.3 is 0 Å². The predicted octanol–water partition coefficient (Wildman–Crippen LogP) is 16.1. The molecular formula is C64H65BN2S. The number of hydrogen-bond acceptors (Lipinski definition) is 3. The van der Waals surface area contributed by atoms with E-state index in [0.717, 1.165) is 0 Å². The first kappa shape index (κ1) is 42.5. The Hall–Kier alpha value is -5.58. The number of para-hydroxylation sites is 1. The minimum atomic E-state index is -0.191. The number of anilines is 6. The van der Waals surface area contributed by atoms with Crippen molar-refractivity contribution in [3.05, 3.63) is 171 Å². The Morgan fingerprint density at radius 3 is 1.79 bits per heavy atom. The molecule has 0 amide bonds. The van der Waals surface area contributed by atoms with E-state index in [0.29, 0.717) is 5.92 Å². The highest BCUT2D eigenvalue weighted by atomic mass is 32.1.